The molecule has 2 rings (SSSR count). The van der Waals surface area contributed by atoms with E-state index in [4.69, 9.17) is 23.2 Å². The van der Waals surface area contributed by atoms with Gasteiger partial charge < -0.3 is 23.2 Å². The molecule has 1 aromatic carbocycles. The predicted octanol–water partition coefficient (Wildman–Crippen LogP) is 7.28. The quantitative estimate of drug-likeness (QED) is 0.0961. The van der Waals surface area contributed by atoms with E-state index in [2.05, 4.69) is 40.4 Å². The van der Waals surface area contributed by atoms with Crippen LogP contribution in [0.1, 0.15) is 80.2 Å². The number of carbonyl (C=O) groups excluding carboxylic acids is 2. The molecular weight excluding hydrogens is 547 g/mol. The van der Waals surface area contributed by atoms with Gasteiger partial charge in [0.15, 0.2) is 14.2 Å². The molecule has 0 amide bonds. The first-order chi connectivity index (χ1) is 19.4. The van der Waals surface area contributed by atoms with Crippen LogP contribution in [-0.2, 0) is 32.8 Å². The standard InChI is InChI=1S/C33H53BO7Si/c1-13-37-29(35)28(30(36)38-14-2)21-20-27(25-18-16-15-17-19-25)26(22-23-39-42(11,12)31(4,5)6)24(3)34-40-32(7,8)33(9,10)41-34/h15-21,26-28H,3,13-14,22-23H2,1-2,4-12H3/b21-20+/t26-,27-/m1/s1. The van der Waals surface area contributed by atoms with E-state index >= 15 is 0 Å². The van der Waals surface area contributed by atoms with Crippen molar-refractivity contribution in [2.45, 2.75) is 104 Å². The first kappa shape index (κ1) is 36.0. The fraction of sp³-hybridized carbons (Fsp3) is 0.636. The molecule has 9 heteroatoms. The lowest BCUT2D eigenvalue weighted by molar-refractivity contribution is -0.158. The second-order valence-corrected chi connectivity index (χ2v) is 18.3. The number of rotatable bonds is 14. The van der Waals surface area contributed by atoms with Crippen molar-refractivity contribution >= 4 is 27.4 Å². The minimum atomic E-state index is -2.02. The molecule has 1 aromatic rings. The van der Waals surface area contributed by atoms with Gasteiger partial charge in [0.1, 0.15) is 0 Å². The van der Waals surface area contributed by atoms with E-state index in [1.165, 1.54) is 0 Å². The summed E-state index contributed by atoms with van der Waals surface area (Å²) in [6.07, 6.45) is 4.15. The molecule has 1 aliphatic rings. The zero-order valence-corrected chi connectivity index (χ0v) is 28.7. The van der Waals surface area contributed by atoms with Crippen LogP contribution in [0, 0.1) is 11.8 Å². The number of esters is 2. The van der Waals surface area contributed by atoms with E-state index < -0.39 is 44.5 Å². The molecule has 0 aliphatic carbocycles. The van der Waals surface area contributed by atoms with Crippen molar-refractivity contribution in [2.24, 2.45) is 11.8 Å². The van der Waals surface area contributed by atoms with Crippen LogP contribution < -0.4 is 0 Å². The number of hydrogen-bond acceptors (Lipinski definition) is 7. The number of allylic oxidation sites excluding steroid dienone is 2. The SMILES string of the molecule is C=C(B1OC(C)(C)C(C)(C)O1)[C@@H](CCO[Si](C)(C)C(C)(C)C)[C@H](/C=C/C(C(=O)OCC)C(=O)OCC)c1ccccc1. The second-order valence-electron chi connectivity index (χ2n) is 13.5. The Balaban J connectivity index is 2.56. The molecule has 0 unspecified atom stereocenters. The fourth-order valence-electron chi connectivity index (χ4n) is 4.52. The molecule has 1 fully saturated rings. The van der Waals surface area contributed by atoms with E-state index in [-0.39, 0.29) is 30.1 Å². The van der Waals surface area contributed by atoms with E-state index in [9.17, 15) is 9.59 Å². The Morgan fingerprint density at radius 1 is 0.952 bits per heavy atom. The van der Waals surface area contributed by atoms with Crippen LogP contribution in [0.4, 0.5) is 0 Å². The molecule has 0 bridgehead atoms. The minimum Gasteiger partial charge on any atom is -0.465 e. The molecule has 0 aromatic heterocycles. The van der Waals surface area contributed by atoms with Crippen molar-refractivity contribution < 1.29 is 32.8 Å². The Kier molecular flexibility index (Phi) is 12.4. The molecular formula is C33H53BO7Si. The lowest BCUT2D eigenvalue weighted by atomic mass is 9.65. The normalized spacial score (nSPS) is 18.2. The summed E-state index contributed by atoms with van der Waals surface area (Å²) >= 11 is 0. The Labute approximate surface area is 255 Å². The fourth-order valence-corrected chi connectivity index (χ4v) is 5.58. The predicted molar refractivity (Wildman–Crippen MR) is 172 cm³/mol. The molecule has 1 saturated heterocycles. The number of benzene rings is 1. The van der Waals surface area contributed by atoms with Gasteiger partial charge in [-0.3, -0.25) is 9.59 Å². The van der Waals surface area contributed by atoms with Gasteiger partial charge in [-0.2, -0.15) is 0 Å². The van der Waals surface area contributed by atoms with E-state index in [1.54, 1.807) is 19.9 Å². The smallest absolute Gasteiger partial charge is 0.465 e. The molecule has 0 saturated carbocycles. The Morgan fingerprint density at radius 2 is 1.45 bits per heavy atom. The van der Waals surface area contributed by atoms with Crippen LogP contribution in [0.3, 0.4) is 0 Å². The third kappa shape index (κ3) is 8.91. The molecule has 7 nitrogen and oxygen atoms in total. The van der Waals surface area contributed by atoms with Crippen molar-refractivity contribution in [1.82, 2.24) is 0 Å². The second kappa shape index (κ2) is 14.5. The zero-order chi connectivity index (χ0) is 31.9. The van der Waals surface area contributed by atoms with Crippen LogP contribution in [-0.4, -0.2) is 58.4 Å². The van der Waals surface area contributed by atoms with Gasteiger partial charge in [0.2, 0.25) is 0 Å². The van der Waals surface area contributed by atoms with Gasteiger partial charge in [0, 0.05) is 12.5 Å². The van der Waals surface area contributed by atoms with Crippen molar-refractivity contribution in [2.75, 3.05) is 19.8 Å². The van der Waals surface area contributed by atoms with Crippen molar-refractivity contribution in [3.63, 3.8) is 0 Å². The highest BCUT2D eigenvalue weighted by molar-refractivity contribution is 6.74. The molecule has 0 N–H and O–H groups in total. The highest BCUT2D eigenvalue weighted by Crippen LogP contribution is 2.44. The molecule has 0 radical (unpaired) electrons. The Hall–Kier alpha value is -2.20. The topological polar surface area (TPSA) is 80.3 Å². The average Bonchev–Trinajstić information content (AvgIpc) is 3.11. The summed E-state index contributed by atoms with van der Waals surface area (Å²) in [4.78, 5) is 25.6. The molecule has 1 aliphatic heterocycles. The highest BCUT2D eigenvalue weighted by Gasteiger charge is 2.53. The van der Waals surface area contributed by atoms with Crippen LogP contribution in [0.2, 0.25) is 18.1 Å². The Morgan fingerprint density at radius 3 is 1.90 bits per heavy atom. The summed E-state index contributed by atoms with van der Waals surface area (Å²) in [6, 6.07) is 10.00. The first-order valence-electron chi connectivity index (χ1n) is 15.1. The summed E-state index contributed by atoms with van der Waals surface area (Å²) in [6.45, 7) is 28.0. The first-order valence-corrected chi connectivity index (χ1v) is 18.0. The lowest BCUT2D eigenvalue weighted by Crippen LogP contribution is -2.41. The summed E-state index contributed by atoms with van der Waals surface area (Å²) in [7, 11) is -2.64. The van der Waals surface area contributed by atoms with Gasteiger partial charge >= 0.3 is 19.1 Å². The zero-order valence-electron chi connectivity index (χ0n) is 27.7. The third-order valence-corrected chi connectivity index (χ3v) is 13.5. The number of carbonyl (C=O) groups is 2. The molecule has 0 spiro atoms. The van der Waals surface area contributed by atoms with E-state index in [0.29, 0.717) is 13.0 Å². The summed E-state index contributed by atoms with van der Waals surface area (Å²) in [5, 5.41) is 0.0659. The van der Waals surface area contributed by atoms with Crippen molar-refractivity contribution in [3.05, 3.63) is 60.1 Å². The maximum Gasteiger partial charge on any atom is 0.490 e. The maximum atomic E-state index is 12.8. The van der Waals surface area contributed by atoms with Crippen molar-refractivity contribution in [3.8, 4) is 0 Å². The van der Waals surface area contributed by atoms with Gasteiger partial charge in [0.25, 0.3) is 0 Å². The van der Waals surface area contributed by atoms with Crippen LogP contribution >= 0.6 is 0 Å². The van der Waals surface area contributed by atoms with Crippen molar-refractivity contribution in [1.29, 1.82) is 0 Å². The van der Waals surface area contributed by atoms with Crippen LogP contribution in [0.25, 0.3) is 0 Å². The molecule has 1 heterocycles. The van der Waals surface area contributed by atoms with Gasteiger partial charge in [0.05, 0.1) is 24.4 Å². The monoisotopic (exact) mass is 600 g/mol. The van der Waals surface area contributed by atoms with E-state index in [0.717, 1.165) is 11.0 Å². The summed E-state index contributed by atoms with van der Waals surface area (Å²) < 4.78 is 29.9. The molecule has 234 valence electrons. The highest BCUT2D eigenvalue weighted by atomic mass is 28.4. The van der Waals surface area contributed by atoms with Crippen LogP contribution in [0.15, 0.2) is 54.5 Å². The minimum absolute atomic E-state index is 0.0659. The molecule has 2 atom stereocenters. The summed E-state index contributed by atoms with van der Waals surface area (Å²) in [5.74, 6) is -2.89. The van der Waals surface area contributed by atoms with Gasteiger partial charge in [-0.1, -0.05) is 63.3 Å². The maximum absolute atomic E-state index is 12.8. The lowest BCUT2D eigenvalue weighted by Gasteiger charge is -2.37. The molecule has 42 heavy (non-hydrogen) atoms. The average molecular weight is 601 g/mol. The van der Waals surface area contributed by atoms with Crippen LogP contribution in [0.5, 0.6) is 0 Å². The van der Waals surface area contributed by atoms with E-state index in [1.807, 2.05) is 64.1 Å². The number of hydrogen-bond donors (Lipinski definition) is 0. The number of ether oxygens (including phenoxy) is 2. The summed E-state index contributed by atoms with van der Waals surface area (Å²) in [5.41, 5.74) is 0.740. The van der Waals surface area contributed by atoms with Gasteiger partial charge in [-0.05, 0) is 83.0 Å². The Bertz CT molecular complexity index is 1060. The third-order valence-electron chi connectivity index (χ3n) is 8.94. The largest absolute Gasteiger partial charge is 0.490 e. The van der Waals surface area contributed by atoms with Gasteiger partial charge in [-0.25, -0.2) is 0 Å². The van der Waals surface area contributed by atoms with Gasteiger partial charge in [-0.15, -0.1) is 6.58 Å².